The van der Waals surface area contributed by atoms with E-state index in [1.54, 1.807) is 17.0 Å². The third kappa shape index (κ3) is 3.30. The van der Waals surface area contributed by atoms with Gasteiger partial charge in [-0.25, -0.2) is 4.39 Å². The van der Waals surface area contributed by atoms with Crippen LogP contribution in [0.4, 0.5) is 4.39 Å². The van der Waals surface area contributed by atoms with Crippen molar-refractivity contribution >= 4 is 28.9 Å². The highest BCUT2D eigenvalue weighted by Gasteiger charge is 2.23. The molecule has 0 radical (unpaired) electrons. The average Bonchev–Trinajstić information content (AvgIpc) is 3.07. The first-order valence-electron chi connectivity index (χ1n) is 5.52. The molecule has 2 nitrogen and oxygen atoms in total. The maximum atomic E-state index is 13.6. The van der Waals surface area contributed by atoms with Gasteiger partial charge in [-0.2, -0.15) is 0 Å². The SMILES string of the molecule is CN(Cc1c(F)cccc1Cl)C(=S)NC1CC1. The summed E-state index contributed by atoms with van der Waals surface area (Å²) in [5, 5.41) is 4.29. The minimum absolute atomic E-state index is 0.293. The van der Waals surface area contributed by atoms with Gasteiger partial charge in [-0.3, -0.25) is 0 Å². The Morgan fingerprint density at radius 1 is 1.59 bits per heavy atom. The normalized spacial score (nSPS) is 14.5. The molecule has 1 aliphatic rings. The van der Waals surface area contributed by atoms with Gasteiger partial charge in [0.2, 0.25) is 0 Å². The Hall–Kier alpha value is -0.870. The second-order valence-corrected chi connectivity index (χ2v) is 5.07. The monoisotopic (exact) mass is 272 g/mol. The van der Waals surface area contributed by atoms with E-state index in [2.05, 4.69) is 5.32 Å². The molecule has 0 amide bonds. The zero-order valence-electron chi connectivity index (χ0n) is 9.54. The summed E-state index contributed by atoms with van der Waals surface area (Å²) in [4.78, 5) is 1.80. The van der Waals surface area contributed by atoms with Gasteiger partial charge >= 0.3 is 0 Å². The van der Waals surface area contributed by atoms with Crippen molar-refractivity contribution in [2.75, 3.05) is 7.05 Å². The molecule has 0 saturated heterocycles. The predicted octanol–water partition coefficient (Wildman–Crippen LogP) is 2.95. The maximum Gasteiger partial charge on any atom is 0.169 e. The number of nitrogens with one attached hydrogen (secondary N) is 1. The van der Waals surface area contributed by atoms with Crippen molar-refractivity contribution in [2.45, 2.75) is 25.4 Å². The van der Waals surface area contributed by atoms with Gasteiger partial charge < -0.3 is 10.2 Å². The van der Waals surface area contributed by atoms with E-state index in [0.717, 1.165) is 12.8 Å². The van der Waals surface area contributed by atoms with E-state index >= 15 is 0 Å². The molecule has 1 aromatic rings. The molecule has 1 aromatic carbocycles. The molecule has 0 spiro atoms. The Balaban J connectivity index is 2.01. The molecule has 1 N–H and O–H groups in total. The Labute approximate surface area is 111 Å². The Bertz CT molecular complexity index is 414. The van der Waals surface area contributed by atoms with Gasteiger partial charge in [0.05, 0.1) is 0 Å². The summed E-state index contributed by atoms with van der Waals surface area (Å²) < 4.78 is 13.6. The zero-order valence-corrected chi connectivity index (χ0v) is 11.1. The molecular weight excluding hydrogens is 259 g/mol. The smallest absolute Gasteiger partial charge is 0.169 e. The van der Waals surface area contributed by atoms with Crippen LogP contribution in [0, 0.1) is 5.82 Å². The second kappa shape index (κ2) is 5.19. The van der Waals surface area contributed by atoms with Gasteiger partial charge in [0, 0.05) is 30.2 Å². The van der Waals surface area contributed by atoms with Crippen molar-refractivity contribution in [1.82, 2.24) is 10.2 Å². The molecule has 2 rings (SSSR count). The van der Waals surface area contributed by atoms with E-state index in [4.69, 9.17) is 23.8 Å². The zero-order chi connectivity index (χ0) is 12.4. The van der Waals surface area contributed by atoms with Crippen LogP contribution < -0.4 is 5.32 Å². The Morgan fingerprint density at radius 2 is 2.29 bits per heavy atom. The number of halogens is 2. The van der Waals surface area contributed by atoms with E-state index in [-0.39, 0.29) is 5.82 Å². The predicted molar refractivity (Wildman–Crippen MR) is 71.6 cm³/mol. The lowest BCUT2D eigenvalue weighted by molar-refractivity contribution is 0.470. The first-order valence-corrected chi connectivity index (χ1v) is 6.31. The van der Waals surface area contributed by atoms with Crippen LogP contribution in [-0.4, -0.2) is 23.1 Å². The summed E-state index contributed by atoms with van der Waals surface area (Å²) in [6.45, 7) is 0.379. The lowest BCUT2D eigenvalue weighted by Crippen LogP contribution is -2.37. The lowest BCUT2D eigenvalue weighted by Gasteiger charge is -2.21. The van der Waals surface area contributed by atoms with Crippen LogP contribution in [0.5, 0.6) is 0 Å². The average molecular weight is 273 g/mol. The van der Waals surface area contributed by atoms with Gasteiger partial charge in [-0.1, -0.05) is 17.7 Å². The first kappa shape index (κ1) is 12.6. The molecule has 1 aliphatic carbocycles. The molecule has 1 saturated carbocycles. The van der Waals surface area contributed by atoms with Gasteiger partial charge in [-0.15, -0.1) is 0 Å². The van der Waals surface area contributed by atoms with E-state index in [1.165, 1.54) is 6.07 Å². The van der Waals surface area contributed by atoms with Crippen LogP contribution >= 0.6 is 23.8 Å². The standard InChI is InChI=1S/C12H14ClFN2S/c1-16(12(17)15-8-5-6-8)7-9-10(13)3-2-4-11(9)14/h2-4,8H,5-7H2,1H3,(H,15,17). The molecule has 0 atom stereocenters. The lowest BCUT2D eigenvalue weighted by atomic mass is 10.2. The molecule has 92 valence electrons. The van der Waals surface area contributed by atoms with Crippen LogP contribution in [0.2, 0.25) is 5.02 Å². The van der Waals surface area contributed by atoms with Crippen molar-refractivity contribution in [3.05, 3.63) is 34.6 Å². The van der Waals surface area contributed by atoms with Crippen LogP contribution in [0.15, 0.2) is 18.2 Å². The quantitative estimate of drug-likeness (QED) is 0.852. The van der Waals surface area contributed by atoms with E-state index in [1.807, 2.05) is 7.05 Å². The van der Waals surface area contributed by atoms with Gasteiger partial charge in [-0.05, 0) is 37.2 Å². The Kier molecular flexibility index (Phi) is 3.84. The first-order chi connectivity index (χ1) is 8.08. The molecule has 1 fully saturated rings. The number of benzene rings is 1. The summed E-state index contributed by atoms with van der Waals surface area (Å²) in [6, 6.07) is 5.19. The van der Waals surface area contributed by atoms with Crippen LogP contribution in [0.1, 0.15) is 18.4 Å². The fourth-order valence-corrected chi connectivity index (χ4v) is 1.96. The van der Waals surface area contributed by atoms with Crippen LogP contribution in [0.25, 0.3) is 0 Å². The summed E-state index contributed by atoms with van der Waals surface area (Å²) >= 11 is 11.2. The minimum atomic E-state index is -0.293. The highest BCUT2D eigenvalue weighted by Crippen LogP contribution is 2.22. The summed E-state index contributed by atoms with van der Waals surface area (Å²) in [5.74, 6) is -0.293. The molecule has 0 unspecified atom stereocenters. The number of nitrogens with zero attached hydrogens (tertiary/aromatic N) is 1. The number of thiocarbonyl (C=S) groups is 1. The third-order valence-electron chi connectivity index (χ3n) is 2.71. The largest absolute Gasteiger partial charge is 0.360 e. The third-order valence-corrected chi connectivity index (χ3v) is 3.49. The van der Waals surface area contributed by atoms with Gasteiger partial charge in [0.15, 0.2) is 5.11 Å². The molecule has 17 heavy (non-hydrogen) atoms. The van der Waals surface area contributed by atoms with E-state index < -0.39 is 0 Å². The molecule has 0 heterocycles. The van der Waals surface area contributed by atoms with Gasteiger partial charge in [0.1, 0.15) is 5.82 Å². The second-order valence-electron chi connectivity index (χ2n) is 4.28. The summed E-state index contributed by atoms with van der Waals surface area (Å²) in [7, 11) is 1.83. The number of rotatable bonds is 3. The number of hydrogen-bond acceptors (Lipinski definition) is 1. The van der Waals surface area contributed by atoms with Gasteiger partial charge in [0.25, 0.3) is 0 Å². The summed E-state index contributed by atoms with van der Waals surface area (Å²) in [5.41, 5.74) is 0.483. The van der Waals surface area contributed by atoms with E-state index in [9.17, 15) is 4.39 Å². The number of hydrogen-bond donors (Lipinski definition) is 1. The van der Waals surface area contributed by atoms with Crippen LogP contribution in [-0.2, 0) is 6.54 Å². The highest BCUT2D eigenvalue weighted by molar-refractivity contribution is 7.80. The molecule has 0 aliphatic heterocycles. The Morgan fingerprint density at radius 3 is 2.88 bits per heavy atom. The van der Waals surface area contributed by atoms with E-state index in [0.29, 0.717) is 28.3 Å². The van der Waals surface area contributed by atoms with Crippen molar-refractivity contribution in [3.63, 3.8) is 0 Å². The highest BCUT2D eigenvalue weighted by atomic mass is 35.5. The molecular formula is C12H14ClFN2S. The molecule has 0 bridgehead atoms. The molecule has 0 aromatic heterocycles. The fraction of sp³-hybridized carbons (Fsp3) is 0.417. The van der Waals surface area contributed by atoms with Crippen molar-refractivity contribution < 1.29 is 4.39 Å². The summed E-state index contributed by atoms with van der Waals surface area (Å²) in [6.07, 6.45) is 2.32. The fourth-order valence-electron chi connectivity index (χ4n) is 1.50. The minimum Gasteiger partial charge on any atom is -0.360 e. The maximum absolute atomic E-state index is 13.6. The van der Waals surface area contributed by atoms with Crippen molar-refractivity contribution in [3.8, 4) is 0 Å². The van der Waals surface area contributed by atoms with Crippen molar-refractivity contribution in [2.24, 2.45) is 0 Å². The van der Waals surface area contributed by atoms with Crippen LogP contribution in [0.3, 0.4) is 0 Å². The molecule has 5 heteroatoms. The topological polar surface area (TPSA) is 15.3 Å². The van der Waals surface area contributed by atoms with Crippen molar-refractivity contribution in [1.29, 1.82) is 0 Å².